The minimum absolute atomic E-state index is 0.0816. The summed E-state index contributed by atoms with van der Waals surface area (Å²) in [5.74, 6) is 1.64. The van der Waals surface area contributed by atoms with E-state index in [1.807, 2.05) is 11.0 Å². The minimum Gasteiger partial charge on any atom is -0.493 e. The van der Waals surface area contributed by atoms with Crippen LogP contribution in [0.5, 0.6) is 23.0 Å². The largest absolute Gasteiger partial charge is 0.493 e. The third kappa shape index (κ3) is 5.93. The molecule has 0 spiro atoms. The van der Waals surface area contributed by atoms with Crippen LogP contribution < -0.4 is 34.5 Å². The molecule has 0 aliphatic carbocycles. The second-order valence-corrected chi connectivity index (χ2v) is 10.6. The molecule has 0 aromatic heterocycles. The van der Waals surface area contributed by atoms with Crippen molar-refractivity contribution in [1.82, 2.24) is 15.1 Å². The molecule has 44 heavy (non-hydrogen) atoms. The van der Waals surface area contributed by atoms with Crippen LogP contribution in [0.3, 0.4) is 0 Å². The van der Waals surface area contributed by atoms with Gasteiger partial charge in [-0.3, -0.25) is 14.4 Å². The van der Waals surface area contributed by atoms with Gasteiger partial charge in [-0.2, -0.15) is 0 Å². The van der Waals surface area contributed by atoms with Crippen LogP contribution in [-0.4, -0.2) is 101 Å². The molecule has 230 valence electrons. The van der Waals surface area contributed by atoms with Gasteiger partial charge >= 0.3 is 0 Å². The summed E-state index contributed by atoms with van der Waals surface area (Å²) in [4.78, 5) is 45.8. The van der Waals surface area contributed by atoms with E-state index < -0.39 is 0 Å². The predicted molar refractivity (Wildman–Crippen MR) is 163 cm³/mol. The van der Waals surface area contributed by atoms with Gasteiger partial charge < -0.3 is 44.3 Å². The molecule has 3 aliphatic heterocycles. The Hall–Kier alpha value is -4.97. The van der Waals surface area contributed by atoms with Gasteiger partial charge in [0.25, 0.3) is 17.7 Å². The van der Waals surface area contributed by atoms with Gasteiger partial charge in [0.05, 0.1) is 25.6 Å². The number of nitrogens with one attached hydrogen (secondary N) is 2. The Labute approximate surface area is 255 Å². The molecule has 3 heterocycles. The Bertz CT molecular complexity index is 1560. The third-order valence-corrected chi connectivity index (χ3v) is 8.07. The van der Waals surface area contributed by atoms with Crippen molar-refractivity contribution < 1.29 is 33.3 Å². The minimum atomic E-state index is -0.351. The summed E-state index contributed by atoms with van der Waals surface area (Å²) in [6.45, 7) is 4.91. The number of piperazine rings is 2. The molecule has 0 saturated carbocycles. The molecular formula is C32H35N5O7. The number of carbonyl (C=O) groups is 3. The summed E-state index contributed by atoms with van der Waals surface area (Å²) >= 11 is 0. The topological polar surface area (TPSA) is 122 Å². The lowest BCUT2D eigenvalue weighted by molar-refractivity contribution is 0.0731. The highest BCUT2D eigenvalue weighted by molar-refractivity contribution is 6.07. The Balaban J connectivity index is 1.22. The number of methoxy groups -OCH3 is 2. The van der Waals surface area contributed by atoms with E-state index in [1.54, 1.807) is 53.4 Å². The molecule has 3 aliphatic rings. The first-order chi connectivity index (χ1) is 21.4. The normalized spacial score (nSPS) is 16.0. The van der Waals surface area contributed by atoms with Gasteiger partial charge in [-0.25, -0.2) is 0 Å². The van der Waals surface area contributed by atoms with E-state index in [2.05, 4.69) is 15.5 Å². The first-order valence-corrected chi connectivity index (χ1v) is 14.6. The average Bonchev–Trinajstić information content (AvgIpc) is 3.56. The zero-order valence-corrected chi connectivity index (χ0v) is 24.8. The summed E-state index contributed by atoms with van der Waals surface area (Å²) in [7, 11) is 3.05. The molecule has 3 aromatic carbocycles. The van der Waals surface area contributed by atoms with Crippen molar-refractivity contribution in [2.75, 3.05) is 83.6 Å². The Morgan fingerprint density at radius 3 is 2.07 bits per heavy atom. The maximum absolute atomic E-state index is 13.5. The zero-order valence-electron chi connectivity index (χ0n) is 24.8. The number of hydrogen-bond donors (Lipinski definition) is 2. The number of benzene rings is 3. The van der Waals surface area contributed by atoms with E-state index in [0.717, 1.165) is 18.8 Å². The van der Waals surface area contributed by atoms with E-state index in [4.69, 9.17) is 18.9 Å². The number of anilines is 2. The van der Waals surface area contributed by atoms with Crippen LogP contribution in [0.15, 0.2) is 54.6 Å². The van der Waals surface area contributed by atoms with E-state index in [0.29, 0.717) is 84.6 Å². The fourth-order valence-electron chi connectivity index (χ4n) is 5.63. The summed E-state index contributed by atoms with van der Waals surface area (Å²) < 4.78 is 21.5. The molecule has 2 fully saturated rings. The van der Waals surface area contributed by atoms with Crippen molar-refractivity contribution in [2.45, 2.75) is 0 Å². The molecule has 6 rings (SSSR count). The van der Waals surface area contributed by atoms with Gasteiger partial charge in [-0.05, 0) is 54.6 Å². The molecule has 12 heteroatoms. The number of ether oxygens (including phenoxy) is 4. The SMILES string of the molecule is COc1ccc(C(=O)Nc2cc(C(=O)N3CCNCC3)ccc2N2CCN(C(=O)c3ccc4c(c3)OCO4)CC2)cc1OC. The van der Waals surface area contributed by atoms with Gasteiger partial charge in [0, 0.05) is 69.0 Å². The maximum Gasteiger partial charge on any atom is 0.255 e. The smallest absolute Gasteiger partial charge is 0.255 e. The van der Waals surface area contributed by atoms with Crippen molar-refractivity contribution in [3.63, 3.8) is 0 Å². The molecule has 12 nitrogen and oxygen atoms in total. The second kappa shape index (κ2) is 12.7. The Kier molecular flexibility index (Phi) is 8.42. The van der Waals surface area contributed by atoms with E-state index in [9.17, 15) is 14.4 Å². The van der Waals surface area contributed by atoms with Gasteiger partial charge in [0.2, 0.25) is 6.79 Å². The van der Waals surface area contributed by atoms with Crippen molar-refractivity contribution in [1.29, 1.82) is 0 Å². The van der Waals surface area contributed by atoms with Gasteiger partial charge in [-0.15, -0.1) is 0 Å². The number of nitrogens with zero attached hydrogens (tertiary/aromatic N) is 3. The molecule has 3 amide bonds. The monoisotopic (exact) mass is 601 g/mol. The van der Waals surface area contributed by atoms with Crippen molar-refractivity contribution in [3.05, 3.63) is 71.3 Å². The lowest BCUT2D eigenvalue weighted by Crippen LogP contribution is -2.49. The van der Waals surface area contributed by atoms with E-state index >= 15 is 0 Å². The van der Waals surface area contributed by atoms with E-state index in [-0.39, 0.29) is 24.5 Å². The molecule has 2 saturated heterocycles. The van der Waals surface area contributed by atoms with Crippen LogP contribution in [0.2, 0.25) is 0 Å². The number of rotatable bonds is 7. The molecule has 3 aromatic rings. The lowest BCUT2D eigenvalue weighted by atomic mass is 10.1. The van der Waals surface area contributed by atoms with Crippen LogP contribution in [0.25, 0.3) is 0 Å². The predicted octanol–water partition coefficient (Wildman–Crippen LogP) is 2.69. The third-order valence-electron chi connectivity index (χ3n) is 8.07. The van der Waals surface area contributed by atoms with Crippen molar-refractivity contribution in [2.24, 2.45) is 0 Å². The Morgan fingerprint density at radius 2 is 1.34 bits per heavy atom. The fourth-order valence-corrected chi connectivity index (χ4v) is 5.63. The molecular weight excluding hydrogens is 566 g/mol. The van der Waals surface area contributed by atoms with Gasteiger partial charge in [-0.1, -0.05) is 0 Å². The van der Waals surface area contributed by atoms with Crippen LogP contribution in [0.4, 0.5) is 11.4 Å². The highest BCUT2D eigenvalue weighted by Crippen LogP contribution is 2.34. The van der Waals surface area contributed by atoms with Crippen LogP contribution in [-0.2, 0) is 0 Å². The van der Waals surface area contributed by atoms with Crippen LogP contribution in [0.1, 0.15) is 31.1 Å². The highest BCUT2D eigenvalue weighted by atomic mass is 16.7. The first kappa shape index (κ1) is 29.1. The highest BCUT2D eigenvalue weighted by Gasteiger charge is 2.27. The van der Waals surface area contributed by atoms with Crippen molar-refractivity contribution >= 4 is 29.1 Å². The Morgan fingerprint density at radius 1 is 0.705 bits per heavy atom. The quantitative estimate of drug-likeness (QED) is 0.421. The summed E-state index contributed by atoms with van der Waals surface area (Å²) in [5, 5.41) is 6.29. The molecule has 0 radical (unpaired) electrons. The number of carbonyl (C=O) groups excluding carboxylic acids is 3. The molecule has 0 bridgehead atoms. The molecule has 2 N–H and O–H groups in total. The summed E-state index contributed by atoms with van der Waals surface area (Å²) in [6, 6.07) is 15.6. The summed E-state index contributed by atoms with van der Waals surface area (Å²) in [6.07, 6.45) is 0. The van der Waals surface area contributed by atoms with Crippen molar-refractivity contribution in [3.8, 4) is 23.0 Å². The van der Waals surface area contributed by atoms with E-state index in [1.165, 1.54) is 14.2 Å². The standard InChI is InChI=1S/C32H35N5O7/c1-41-26-7-4-21(18-28(26)42-2)30(38)34-24-17-22(31(39)36-11-9-33-10-12-36)3-6-25(24)35-13-15-37(16-14-35)32(40)23-5-8-27-29(19-23)44-20-43-27/h3-8,17-19,33H,9-16,20H2,1-2H3,(H,34,38). The fraction of sp³-hybridized carbons (Fsp3) is 0.344. The zero-order chi connectivity index (χ0) is 30.6. The van der Waals surface area contributed by atoms with Crippen LogP contribution in [0, 0.1) is 0 Å². The second-order valence-electron chi connectivity index (χ2n) is 10.6. The van der Waals surface area contributed by atoms with Crippen LogP contribution >= 0.6 is 0 Å². The average molecular weight is 602 g/mol. The number of hydrogen-bond acceptors (Lipinski definition) is 9. The summed E-state index contributed by atoms with van der Waals surface area (Å²) in [5.41, 5.74) is 2.70. The number of fused-ring (bicyclic) bond motifs is 1. The molecule has 0 atom stereocenters. The van der Waals surface area contributed by atoms with Gasteiger partial charge in [0.1, 0.15) is 0 Å². The number of amides is 3. The van der Waals surface area contributed by atoms with Gasteiger partial charge in [0.15, 0.2) is 23.0 Å². The molecule has 0 unspecified atom stereocenters. The first-order valence-electron chi connectivity index (χ1n) is 14.6. The lowest BCUT2D eigenvalue weighted by Gasteiger charge is -2.37. The maximum atomic E-state index is 13.5.